The molecule has 1 N–H and O–H groups in total. The van der Waals surface area contributed by atoms with Crippen molar-refractivity contribution in [1.82, 2.24) is 10.2 Å². The number of methoxy groups -OCH3 is 1. The summed E-state index contributed by atoms with van der Waals surface area (Å²) in [7, 11) is 5.79. The zero-order chi connectivity index (χ0) is 14.1. The smallest absolute Gasteiger partial charge is 0.123 e. The van der Waals surface area contributed by atoms with E-state index in [1.54, 1.807) is 7.11 Å². The first-order valence-electron chi connectivity index (χ1n) is 6.77. The molecule has 19 heavy (non-hydrogen) atoms. The highest BCUT2D eigenvalue weighted by Gasteiger charge is 2.10. The average Bonchev–Trinajstić information content (AvgIpc) is 2.41. The Hall–Kier alpha value is -0.970. The predicted octanol–water partition coefficient (Wildman–Crippen LogP) is 2.44. The Morgan fingerprint density at radius 3 is 2.53 bits per heavy atom. The van der Waals surface area contributed by atoms with E-state index in [-0.39, 0.29) is 11.9 Å². The van der Waals surface area contributed by atoms with Crippen LogP contribution in [0.1, 0.15) is 24.4 Å². The first kappa shape index (κ1) is 16.1. The number of hydrogen-bond acceptors (Lipinski definition) is 3. The van der Waals surface area contributed by atoms with Crippen molar-refractivity contribution in [2.45, 2.75) is 18.9 Å². The van der Waals surface area contributed by atoms with Crippen LogP contribution in [0.2, 0.25) is 0 Å². The summed E-state index contributed by atoms with van der Waals surface area (Å²) in [5.41, 5.74) is 1.13. The Bertz CT molecular complexity index is 343. The fraction of sp³-hybridized carbons (Fsp3) is 0.600. The molecule has 1 atom stereocenters. The highest BCUT2D eigenvalue weighted by atomic mass is 19.1. The highest BCUT2D eigenvalue weighted by Crippen LogP contribution is 2.17. The molecule has 0 bridgehead atoms. The Labute approximate surface area is 115 Å². The molecule has 0 aliphatic heterocycles. The summed E-state index contributed by atoms with van der Waals surface area (Å²) in [4.78, 5) is 2.30. The van der Waals surface area contributed by atoms with Gasteiger partial charge in [0.2, 0.25) is 0 Å². The molecule has 1 aromatic rings. The van der Waals surface area contributed by atoms with Gasteiger partial charge in [-0.3, -0.25) is 0 Å². The third-order valence-corrected chi connectivity index (χ3v) is 3.31. The topological polar surface area (TPSA) is 24.5 Å². The van der Waals surface area contributed by atoms with Gasteiger partial charge < -0.3 is 15.0 Å². The molecular weight excluding hydrogens is 243 g/mol. The van der Waals surface area contributed by atoms with Crippen molar-refractivity contribution in [3.63, 3.8) is 0 Å². The number of nitrogens with zero attached hydrogens (tertiary/aromatic N) is 1. The van der Waals surface area contributed by atoms with Gasteiger partial charge in [-0.15, -0.1) is 0 Å². The maximum atomic E-state index is 12.9. The SMILES string of the molecule is CNC(CCN(C)CCCOC)c1ccc(F)cc1. The van der Waals surface area contributed by atoms with E-state index in [2.05, 4.69) is 17.3 Å². The van der Waals surface area contributed by atoms with Crippen molar-refractivity contribution in [3.05, 3.63) is 35.6 Å². The molecule has 4 heteroatoms. The van der Waals surface area contributed by atoms with Gasteiger partial charge in [-0.05, 0) is 51.2 Å². The number of nitrogens with one attached hydrogen (secondary N) is 1. The van der Waals surface area contributed by atoms with Crippen LogP contribution in [0.4, 0.5) is 4.39 Å². The maximum absolute atomic E-state index is 12.9. The van der Waals surface area contributed by atoms with E-state index in [0.29, 0.717) is 0 Å². The second-order valence-electron chi connectivity index (χ2n) is 4.83. The van der Waals surface area contributed by atoms with Crippen LogP contribution in [-0.2, 0) is 4.74 Å². The van der Waals surface area contributed by atoms with Crippen LogP contribution in [0.3, 0.4) is 0 Å². The van der Waals surface area contributed by atoms with Crippen LogP contribution < -0.4 is 5.32 Å². The maximum Gasteiger partial charge on any atom is 0.123 e. The van der Waals surface area contributed by atoms with Crippen LogP contribution in [0.15, 0.2) is 24.3 Å². The number of halogens is 1. The minimum atomic E-state index is -0.185. The van der Waals surface area contributed by atoms with Gasteiger partial charge in [0.15, 0.2) is 0 Å². The molecule has 0 fully saturated rings. The lowest BCUT2D eigenvalue weighted by Gasteiger charge is -2.21. The predicted molar refractivity (Wildman–Crippen MR) is 76.8 cm³/mol. The van der Waals surface area contributed by atoms with E-state index in [9.17, 15) is 4.39 Å². The van der Waals surface area contributed by atoms with E-state index in [1.165, 1.54) is 12.1 Å². The summed E-state index contributed by atoms with van der Waals surface area (Å²) in [5.74, 6) is -0.185. The van der Waals surface area contributed by atoms with Gasteiger partial charge in [0.05, 0.1) is 0 Å². The van der Waals surface area contributed by atoms with Gasteiger partial charge in [-0.25, -0.2) is 4.39 Å². The molecule has 1 aromatic carbocycles. The molecule has 0 spiro atoms. The summed E-state index contributed by atoms with van der Waals surface area (Å²) in [6.07, 6.45) is 2.05. The normalized spacial score (nSPS) is 12.9. The summed E-state index contributed by atoms with van der Waals surface area (Å²) < 4.78 is 17.9. The monoisotopic (exact) mass is 268 g/mol. The largest absolute Gasteiger partial charge is 0.385 e. The van der Waals surface area contributed by atoms with Gasteiger partial charge in [0.1, 0.15) is 5.82 Å². The van der Waals surface area contributed by atoms with Gasteiger partial charge >= 0.3 is 0 Å². The number of hydrogen-bond donors (Lipinski definition) is 1. The van der Waals surface area contributed by atoms with Crippen molar-refractivity contribution in [1.29, 1.82) is 0 Å². The summed E-state index contributed by atoms with van der Waals surface area (Å²) in [6, 6.07) is 7.00. The lowest BCUT2D eigenvalue weighted by Crippen LogP contribution is -2.26. The van der Waals surface area contributed by atoms with Crippen molar-refractivity contribution in [3.8, 4) is 0 Å². The number of rotatable bonds is 9. The molecule has 0 aliphatic rings. The zero-order valence-electron chi connectivity index (χ0n) is 12.2. The summed E-state index contributed by atoms with van der Waals surface area (Å²) >= 11 is 0. The molecule has 0 heterocycles. The van der Waals surface area contributed by atoms with E-state index >= 15 is 0 Å². The number of ether oxygens (including phenoxy) is 1. The lowest BCUT2D eigenvalue weighted by molar-refractivity contribution is 0.178. The van der Waals surface area contributed by atoms with E-state index in [4.69, 9.17) is 4.74 Å². The van der Waals surface area contributed by atoms with E-state index in [1.807, 2.05) is 19.2 Å². The van der Waals surface area contributed by atoms with Crippen LogP contribution in [0, 0.1) is 5.82 Å². The third kappa shape index (κ3) is 6.14. The minimum absolute atomic E-state index is 0.185. The second-order valence-corrected chi connectivity index (χ2v) is 4.83. The summed E-state index contributed by atoms with van der Waals surface area (Å²) in [6.45, 7) is 2.85. The molecule has 0 aromatic heterocycles. The Morgan fingerprint density at radius 2 is 1.95 bits per heavy atom. The van der Waals surface area contributed by atoms with Crippen molar-refractivity contribution in [2.75, 3.05) is 40.9 Å². The molecule has 0 saturated heterocycles. The van der Waals surface area contributed by atoms with E-state index < -0.39 is 0 Å². The average molecular weight is 268 g/mol. The molecule has 1 rings (SSSR count). The fourth-order valence-corrected chi connectivity index (χ4v) is 2.11. The Morgan fingerprint density at radius 1 is 1.26 bits per heavy atom. The quantitative estimate of drug-likeness (QED) is 0.696. The van der Waals surface area contributed by atoms with Crippen molar-refractivity contribution >= 4 is 0 Å². The van der Waals surface area contributed by atoms with Crippen molar-refractivity contribution in [2.24, 2.45) is 0 Å². The van der Waals surface area contributed by atoms with Crippen LogP contribution in [0.25, 0.3) is 0 Å². The standard InChI is InChI=1S/C15H25FN2O/c1-17-15(13-5-7-14(16)8-6-13)9-11-18(2)10-4-12-19-3/h5-8,15,17H,4,9-12H2,1-3H3. The zero-order valence-corrected chi connectivity index (χ0v) is 12.2. The van der Waals surface area contributed by atoms with Gasteiger partial charge in [-0.2, -0.15) is 0 Å². The molecule has 0 amide bonds. The highest BCUT2D eigenvalue weighted by molar-refractivity contribution is 5.19. The molecule has 0 radical (unpaired) electrons. The number of benzene rings is 1. The molecule has 3 nitrogen and oxygen atoms in total. The van der Waals surface area contributed by atoms with Gasteiger partial charge in [-0.1, -0.05) is 12.1 Å². The molecule has 108 valence electrons. The lowest BCUT2D eigenvalue weighted by atomic mass is 10.0. The second kappa shape index (κ2) is 9.02. The first-order chi connectivity index (χ1) is 9.17. The Kier molecular flexibility index (Phi) is 7.63. The van der Waals surface area contributed by atoms with E-state index in [0.717, 1.165) is 38.1 Å². The first-order valence-corrected chi connectivity index (χ1v) is 6.77. The molecule has 1 unspecified atom stereocenters. The minimum Gasteiger partial charge on any atom is -0.385 e. The van der Waals surface area contributed by atoms with Crippen LogP contribution in [-0.4, -0.2) is 45.8 Å². The summed E-state index contributed by atoms with van der Waals surface area (Å²) in [5, 5.41) is 3.29. The Balaban J connectivity index is 2.38. The molecular formula is C15H25FN2O. The fourth-order valence-electron chi connectivity index (χ4n) is 2.11. The van der Waals surface area contributed by atoms with Crippen molar-refractivity contribution < 1.29 is 9.13 Å². The molecule has 0 aliphatic carbocycles. The van der Waals surface area contributed by atoms with Crippen LogP contribution in [0.5, 0.6) is 0 Å². The van der Waals surface area contributed by atoms with Gasteiger partial charge in [0, 0.05) is 26.3 Å². The molecule has 0 saturated carbocycles. The van der Waals surface area contributed by atoms with Crippen LogP contribution >= 0.6 is 0 Å². The third-order valence-electron chi connectivity index (χ3n) is 3.31. The van der Waals surface area contributed by atoms with Gasteiger partial charge in [0.25, 0.3) is 0 Å².